The molecule has 0 radical (unpaired) electrons. The number of hydrogen-bond donors (Lipinski definition) is 4. The smallest absolute Gasteiger partial charge is 0.311 e. The molecule has 0 saturated heterocycles. The maximum atomic E-state index is 12.4. The molecule has 3 aromatic carbocycles. The number of benzene rings is 3. The molecule has 0 aliphatic rings. The number of phenols is 1. The van der Waals surface area contributed by atoms with Crippen molar-refractivity contribution in [2.75, 3.05) is 0 Å². The molecule has 6 aromatic rings. The third-order valence-electron chi connectivity index (χ3n) is 6.79. The molecule has 0 bridgehead atoms. The van der Waals surface area contributed by atoms with Crippen LogP contribution < -0.4 is 15.0 Å². The molecule has 3 aromatic heterocycles. The number of H-pyrrole nitrogens is 1. The molecule has 0 aliphatic carbocycles. The van der Waals surface area contributed by atoms with Crippen LogP contribution in [0.15, 0.2) is 99.8 Å². The van der Waals surface area contributed by atoms with E-state index >= 15 is 0 Å². The SMILES string of the molecule is O=c1[nH]c2ccccc2nc1OCc1ccnc(-c2cc(COc3cc4cc(O)c(S(=O)(=O)O)cc4cc3S(=O)(=O)O)ccn2)c1. The maximum absolute atomic E-state index is 12.4. The second-order valence-electron chi connectivity index (χ2n) is 9.98. The van der Waals surface area contributed by atoms with Crippen LogP contribution in [0.3, 0.4) is 0 Å². The summed E-state index contributed by atoms with van der Waals surface area (Å²) >= 11 is 0. The molecular formula is C30H22N4O10S2. The Bertz CT molecular complexity index is 2430. The third kappa shape index (κ3) is 6.50. The first-order chi connectivity index (χ1) is 21.8. The zero-order chi connectivity index (χ0) is 32.6. The highest BCUT2D eigenvalue weighted by Crippen LogP contribution is 2.35. The van der Waals surface area contributed by atoms with Crippen LogP contribution in [0, 0.1) is 0 Å². The zero-order valence-corrected chi connectivity index (χ0v) is 25.0. The van der Waals surface area contributed by atoms with Crippen molar-refractivity contribution >= 4 is 42.0 Å². The minimum Gasteiger partial charge on any atom is -0.506 e. The fourth-order valence-corrected chi connectivity index (χ4v) is 5.87. The molecule has 6 rings (SSSR count). The highest BCUT2D eigenvalue weighted by atomic mass is 32.2. The number of pyridine rings is 2. The maximum Gasteiger partial charge on any atom is 0.311 e. The standard InChI is InChI=1S/C30H22N4O10S2/c35-25-11-19-12-26(28(46(40,41)42)14-20(19)13-27(25)45(37,38)39)43-15-17-5-7-31-23(9-17)24-10-18(6-8-32-24)16-44-30-29(36)33-21-3-1-2-4-22(21)34-30/h1-14,35H,15-16H2,(H,33,36)(H,37,38,39)(H,40,41,42). The summed E-state index contributed by atoms with van der Waals surface area (Å²) < 4.78 is 78.1. The molecule has 0 spiro atoms. The van der Waals surface area contributed by atoms with Crippen LogP contribution in [0.5, 0.6) is 17.4 Å². The lowest BCUT2D eigenvalue weighted by atomic mass is 10.1. The summed E-state index contributed by atoms with van der Waals surface area (Å²) in [5.41, 5.74) is 2.84. The number of fused-ring (bicyclic) bond motifs is 2. The van der Waals surface area contributed by atoms with E-state index in [-0.39, 0.29) is 35.6 Å². The molecule has 0 saturated carbocycles. The number of aromatic amines is 1. The van der Waals surface area contributed by atoms with E-state index in [1.54, 1.807) is 54.7 Å². The van der Waals surface area contributed by atoms with Crippen LogP contribution in [0.2, 0.25) is 0 Å². The molecule has 16 heteroatoms. The quantitative estimate of drug-likeness (QED) is 0.162. The molecule has 4 N–H and O–H groups in total. The molecule has 0 atom stereocenters. The average Bonchev–Trinajstić information content (AvgIpc) is 3.01. The van der Waals surface area contributed by atoms with Crippen LogP contribution >= 0.6 is 0 Å². The number of phenolic OH excluding ortho intramolecular Hbond substituents is 1. The van der Waals surface area contributed by atoms with E-state index in [2.05, 4.69) is 19.9 Å². The normalized spacial score (nSPS) is 12.0. The van der Waals surface area contributed by atoms with Gasteiger partial charge in [0.05, 0.1) is 22.4 Å². The van der Waals surface area contributed by atoms with Gasteiger partial charge in [-0.05, 0) is 82.6 Å². The number of nitrogens with zero attached hydrogens (tertiary/aromatic N) is 3. The number of hydrogen-bond acceptors (Lipinski definition) is 11. The highest BCUT2D eigenvalue weighted by molar-refractivity contribution is 7.86. The van der Waals surface area contributed by atoms with Gasteiger partial charge in [-0.3, -0.25) is 23.9 Å². The Morgan fingerprint density at radius 2 is 1.30 bits per heavy atom. The molecule has 0 unspecified atom stereocenters. The van der Waals surface area contributed by atoms with Crippen LogP contribution in [0.1, 0.15) is 11.1 Å². The highest BCUT2D eigenvalue weighted by Gasteiger charge is 2.22. The minimum atomic E-state index is -4.84. The van der Waals surface area contributed by atoms with Gasteiger partial charge in [-0.25, -0.2) is 4.98 Å². The summed E-state index contributed by atoms with van der Waals surface area (Å²) in [6.45, 7) is -0.160. The second kappa shape index (κ2) is 11.8. The van der Waals surface area contributed by atoms with E-state index in [1.807, 2.05) is 0 Å². The summed E-state index contributed by atoms with van der Waals surface area (Å²) in [5, 5.41) is 10.3. The van der Waals surface area contributed by atoms with Crippen LogP contribution in [0.4, 0.5) is 0 Å². The summed E-state index contributed by atoms with van der Waals surface area (Å²) in [4.78, 5) is 26.6. The third-order valence-corrected chi connectivity index (χ3v) is 8.54. The first-order valence-corrected chi connectivity index (χ1v) is 16.1. The monoisotopic (exact) mass is 662 g/mol. The van der Waals surface area contributed by atoms with Gasteiger partial charge in [-0.15, -0.1) is 0 Å². The summed E-state index contributed by atoms with van der Waals surface area (Å²) in [6.07, 6.45) is 3.05. The summed E-state index contributed by atoms with van der Waals surface area (Å²) in [7, 11) is -9.66. The Morgan fingerprint density at radius 1 is 0.717 bits per heavy atom. The topological polar surface area (TPSA) is 219 Å². The van der Waals surface area contributed by atoms with Crippen LogP contribution in [-0.4, -0.2) is 51.0 Å². The van der Waals surface area contributed by atoms with Crippen molar-refractivity contribution in [3.05, 3.63) is 107 Å². The Kier molecular flexibility index (Phi) is 7.87. The van der Waals surface area contributed by atoms with Crippen molar-refractivity contribution < 1.29 is 40.5 Å². The Hall–Kier alpha value is -5.42. The van der Waals surface area contributed by atoms with E-state index in [4.69, 9.17) is 9.47 Å². The zero-order valence-electron chi connectivity index (χ0n) is 23.4. The van der Waals surface area contributed by atoms with Crippen molar-refractivity contribution in [2.24, 2.45) is 0 Å². The second-order valence-corrected chi connectivity index (χ2v) is 12.8. The van der Waals surface area contributed by atoms with Crippen molar-refractivity contribution in [3.8, 4) is 28.8 Å². The average molecular weight is 663 g/mol. The number of ether oxygens (including phenoxy) is 2. The van der Waals surface area contributed by atoms with Crippen LogP contribution in [-0.2, 0) is 33.5 Å². The first kappa shape index (κ1) is 30.6. The van der Waals surface area contributed by atoms with Gasteiger partial charge in [0.1, 0.15) is 34.5 Å². The summed E-state index contributed by atoms with van der Waals surface area (Å²) in [5.74, 6) is -1.12. The van der Waals surface area contributed by atoms with E-state index < -0.39 is 41.3 Å². The van der Waals surface area contributed by atoms with E-state index in [0.717, 1.165) is 18.2 Å². The van der Waals surface area contributed by atoms with E-state index in [1.165, 1.54) is 12.3 Å². The lowest BCUT2D eigenvalue weighted by Gasteiger charge is -2.13. The van der Waals surface area contributed by atoms with Gasteiger partial charge in [-0.2, -0.15) is 16.8 Å². The molecule has 234 valence electrons. The van der Waals surface area contributed by atoms with Gasteiger partial charge < -0.3 is 19.6 Å². The lowest BCUT2D eigenvalue weighted by molar-refractivity contribution is 0.290. The number of aromatic hydroxyl groups is 1. The fourth-order valence-electron chi connectivity index (χ4n) is 4.63. The number of rotatable bonds is 9. The number of aromatic nitrogens is 4. The Labute approximate surface area is 260 Å². The molecule has 0 fully saturated rings. The number of para-hydroxylation sites is 2. The first-order valence-electron chi connectivity index (χ1n) is 13.3. The van der Waals surface area contributed by atoms with Crippen molar-refractivity contribution in [1.29, 1.82) is 0 Å². The van der Waals surface area contributed by atoms with E-state index in [9.17, 15) is 35.8 Å². The van der Waals surface area contributed by atoms with Gasteiger partial charge in [0, 0.05) is 12.4 Å². The van der Waals surface area contributed by atoms with Crippen LogP contribution in [0.25, 0.3) is 33.2 Å². The van der Waals surface area contributed by atoms with E-state index in [0.29, 0.717) is 33.5 Å². The van der Waals surface area contributed by atoms with Gasteiger partial charge in [0.25, 0.3) is 26.1 Å². The molecular weight excluding hydrogens is 640 g/mol. The fraction of sp³-hybridized carbons (Fsp3) is 0.0667. The number of nitrogens with one attached hydrogen (secondary N) is 1. The molecule has 46 heavy (non-hydrogen) atoms. The van der Waals surface area contributed by atoms with Crippen molar-refractivity contribution in [3.63, 3.8) is 0 Å². The largest absolute Gasteiger partial charge is 0.506 e. The molecule has 3 heterocycles. The Morgan fingerprint density at radius 3 is 1.96 bits per heavy atom. The molecule has 0 amide bonds. The van der Waals surface area contributed by atoms with Gasteiger partial charge >= 0.3 is 5.56 Å². The Balaban J connectivity index is 1.23. The molecule has 0 aliphatic heterocycles. The van der Waals surface area contributed by atoms with Gasteiger partial charge in [-0.1, -0.05) is 12.1 Å². The predicted molar refractivity (Wildman–Crippen MR) is 164 cm³/mol. The van der Waals surface area contributed by atoms with Gasteiger partial charge in [0.2, 0.25) is 0 Å². The summed E-state index contributed by atoms with van der Waals surface area (Å²) in [6, 6.07) is 17.8. The minimum absolute atomic E-state index is 0.00691. The molecule has 14 nitrogen and oxygen atoms in total. The van der Waals surface area contributed by atoms with Crippen molar-refractivity contribution in [2.45, 2.75) is 23.0 Å². The predicted octanol–water partition coefficient (Wildman–Crippen LogP) is 3.89. The lowest BCUT2D eigenvalue weighted by Crippen LogP contribution is -2.13. The van der Waals surface area contributed by atoms with Crippen molar-refractivity contribution in [1.82, 2.24) is 19.9 Å². The van der Waals surface area contributed by atoms with Gasteiger partial charge in [0.15, 0.2) is 0 Å².